The van der Waals surface area contributed by atoms with E-state index >= 15 is 0 Å². The average Bonchev–Trinajstić information content (AvgIpc) is 2.81. The Balaban J connectivity index is 1.35. The van der Waals surface area contributed by atoms with E-state index in [1.807, 2.05) is 43.3 Å². The van der Waals surface area contributed by atoms with E-state index in [9.17, 15) is 4.79 Å². The Hall–Kier alpha value is -1.88. The topological polar surface area (TPSA) is 35.6 Å². The van der Waals surface area contributed by atoms with E-state index in [4.69, 9.17) is 11.8 Å². The second kappa shape index (κ2) is 8.33. The zero-order valence-corrected chi connectivity index (χ0v) is 18.3. The molecule has 3 heterocycles. The normalized spacial score (nSPS) is 26.8. The van der Waals surface area contributed by atoms with E-state index in [1.54, 1.807) is 0 Å². The van der Waals surface area contributed by atoms with Crippen LogP contribution >= 0.6 is 11.8 Å². The molecule has 0 spiro atoms. The van der Waals surface area contributed by atoms with Gasteiger partial charge in [0.15, 0.2) is 0 Å². The van der Waals surface area contributed by atoms with Crippen molar-refractivity contribution in [3.8, 4) is 0 Å². The molecule has 1 N–H and O–H groups in total. The first-order valence-electron chi connectivity index (χ1n) is 11.3. The molecule has 2 fully saturated rings. The number of carbonyl (C=O) groups is 1. The quantitative estimate of drug-likeness (QED) is 0.726. The van der Waals surface area contributed by atoms with Crippen LogP contribution in [0.3, 0.4) is 0 Å². The highest BCUT2D eigenvalue weighted by Gasteiger charge is 2.39. The van der Waals surface area contributed by atoms with Gasteiger partial charge in [-0.3, -0.25) is 9.69 Å². The Kier molecular flexibility index (Phi) is 5.57. The van der Waals surface area contributed by atoms with Crippen molar-refractivity contribution < 1.29 is 4.79 Å². The van der Waals surface area contributed by atoms with Crippen LogP contribution in [0.25, 0.3) is 0 Å². The summed E-state index contributed by atoms with van der Waals surface area (Å²) >= 11 is 6.49. The molecule has 0 saturated carbocycles. The highest BCUT2D eigenvalue weighted by Crippen LogP contribution is 2.41. The van der Waals surface area contributed by atoms with Gasteiger partial charge in [-0.2, -0.15) is 0 Å². The summed E-state index contributed by atoms with van der Waals surface area (Å²) in [6.07, 6.45) is 4.84. The summed E-state index contributed by atoms with van der Waals surface area (Å²) in [7, 11) is 0. The van der Waals surface area contributed by atoms with Crippen LogP contribution in [0.5, 0.6) is 0 Å². The maximum Gasteiger partial charge on any atom is 0.268 e. The number of benzene rings is 2. The van der Waals surface area contributed by atoms with E-state index in [0.717, 1.165) is 31.0 Å². The second-order valence-electron chi connectivity index (χ2n) is 9.08. The van der Waals surface area contributed by atoms with Gasteiger partial charge in [0.05, 0.1) is 6.04 Å². The molecule has 1 amide bonds. The number of amides is 1. The minimum Gasteiger partial charge on any atom is -0.314 e. The summed E-state index contributed by atoms with van der Waals surface area (Å²) in [6.45, 7) is 5.40. The van der Waals surface area contributed by atoms with Crippen LogP contribution in [0.2, 0.25) is 0 Å². The summed E-state index contributed by atoms with van der Waals surface area (Å²) in [4.78, 5) is 15.8. The molecule has 5 rings (SSSR count). The van der Waals surface area contributed by atoms with Gasteiger partial charge < -0.3 is 5.32 Å². The number of hydrogen-bond donors (Lipinski definition) is 1. The van der Waals surface area contributed by atoms with E-state index < -0.39 is 0 Å². The van der Waals surface area contributed by atoms with Crippen molar-refractivity contribution >= 4 is 17.7 Å². The molecule has 0 aromatic heterocycles. The molecule has 3 aliphatic heterocycles. The monoisotopic (exact) mass is 423 g/mol. The van der Waals surface area contributed by atoms with Crippen molar-refractivity contribution in [3.05, 3.63) is 70.8 Å². The number of fused-ring (bicyclic) bond motifs is 4. The lowest BCUT2D eigenvalue weighted by Gasteiger charge is -2.49. The van der Waals surface area contributed by atoms with Gasteiger partial charge >= 0.3 is 0 Å². The summed E-state index contributed by atoms with van der Waals surface area (Å²) in [5, 5.41) is 3.75. The molecule has 30 heavy (non-hydrogen) atoms. The van der Waals surface area contributed by atoms with Gasteiger partial charge in [-0.1, -0.05) is 36.4 Å². The zero-order chi connectivity index (χ0) is 20.7. The van der Waals surface area contributed by atoms with Gasteiger partial charge in [-0.25, -0.2) is 4.42 Å². The SMILES string of the molecule is C[C@H](c1ccccc1)N(Cl)C(=O)c1ccc2c(c1)CCN1C[C@H]3CCCN[C@H]3C[C@@H]21. The standard InChI is InChI=1S/C25H30ClN3O/c1-17(18-6-3-2-4-7-18)29(26)25(30)20-9-10-22-19(14-20)11-13-28-16-21-8-5-12-27-23(21)15-24(22)28/h2-4,6-7,9-10,14,17,21,23-24,27H,5,8,11-13,15-16H2,1H3/t17-,21-,23+,24+/m1/s1. The van der Waals surface area contributed by atoms with Gasteiger partial charge in [-0.05, 0) is 73.9 Å². The fourth-order valence-electron chi connectivity index (χ4n) is 5.61. The third-order valence-electron chi connectivity index (χ3n) is 7.35. The van der Waals surface area contributed by atoms with Crippen LogP contribution < -0.4 is 5.32 Å². The van der Waals surface area contributed by atoms with Gasteiger partial charge in [0.25, 0.3) is 5.91 Å². The van der Waals surface area contributed by atoms with Crippen molar-refractivity contribution in [1.29, 1.82) is 0 Å². The van der Waals surface area contributed by atoms with Crippen LogP contribution in [0.15, 0.2) is 48.5 Å². The molecule has 2 aromatic carbocycles. The number of nitrogens with zero attached hydrogens (tertiary/aromatic N) is 2. The molecule has 0 aliphatic carbocycles. The number of halogens is 1. The maximum absolute atomic E-state index is 13.1. The van der Waals surface area contributed by atoms with Crippen LogP contribution in [0.1, 0.15) is 65.3 Å². The molecule has 5 heteroatoms. The van der Waals surface area contributed by atoms with Crippen LogP contribution in [-0.2, 0) is 6.42 Å². The van der Waals surface area contributed by atoms with Crippen molar-refractivity contribution in [3.63, 3.8) is 0 Å². The molecule has 0 bridgehead atoms. The fraction of sp³-hybridized carbons (Fsp3) is 0.480. The number of piperidine rings is 2. The minimum absolute atomic E-state index is 0.129. The van der Waals surface area contributed by atoms with Crippen LogP contribution in [0, 0.1) is 5.92 Å². The largest absolute Gasteiger partial charge is 0.314 e. The summed E-state index contributed by atoms with van der Waals surface area (Å²) in [5.41, 5.74) is 4.44. The molecular formula is C25H30ClN3O. The van der Waals surface area contributed by atoms with Gasteiger partial charge in [0.2, 0.25) is 0 Å². The summed E-state index contributed by atoms with van der Waals surface area (Å²) < 4.78 is 1.34. The van der Waals surface area contributed by atoms with Gasteiger partial charge in [-0.15, -0.1) is 0 Å². The lowest BCUT2D eigenvalue weighted by molar-refractivity contribution is 0.0551. The smallest absolute Gasteiger partial charge is 0.268 e. The van der Waals surface area contributed by atoms with Gasteiger partial charge in [0, 0.05) is 42.5 Å². The lowest BCUT2D eigenvalue weighted by atomic mass is 9.77. The lowest BCUT2D eigenvalue weighted by Crippen LogP contribution is -2.54. The van der Waals surface area contributed by atoms with Crippen LogP contribution in [-0.4, -0.2) is 40.9 Å². The Morgan fingerprint density at radius 2 is 2.07 bits per heavy atom. The zero-order valence-electron chi connectivity index (χ0n) is 17.6. The number of carbonyl (C=O) groups excluding carboxylic acids is 1. The summed E-state index contributed by atoms with van der Waals surface area (Å²) in [5.74, 6) is 0.664. The highest BCUT2D eigenvalue weighted by atomic mass is 35.5. The fourth-order valence-corrected chi connectivity index (χ4v) is 5.82. The molecule has 3 aliphatic rings. The van der Waals surface area contributed by atoms with Gasteiger partial charge in [0.1, 0.15) is 0 Å². The van der Waals surface area contributed by atoms with Crippen molar-refractivity contribution in [2.75, 3.05) is 19.6 Å². The predicted octanol–water partition coefficient (Wildman–Crippen LogP) is 4.71. The first-order chi connectivity index (χ1) is 14.6. The Morgan fingerprint density at radius 3 is 2.90 bits per heavy atom. The molecule has 4 nitrogen and oxygen atoms in total. The van der Waals surface area contributed by atoms with Crippen LogP contribution in [0.4, 0.5) is 0 Å². The molecule has 0 radical (unpaired) electrons. The molecular weight excluding hydrogens is 394 g/mol. The molecule has 4 atom stereocenters. The van der Waals surface area contributed by atoms with Crippen molar-refractivity contribution in [2.45, 2.75) is 50.7 Å². The first-order valence-corrected chi connectivity index (χ1v) is 11.6. The van der Waals surface area contributed by atoms with E-state index in [2.05, 4.69) is 22.3 Å². The van der Waals surface area contributed by atoms with E-state index in [-0.39, 0.29) is 11.9 Å². The highest BCUT2D eigenvalue weighted by molar-refractivity contribution is 6.24. The van der Waals surface area contributed by atoms with E-state index in [1.165, 1.54) is 41.4 Å². The Morgan fingerprint density at radius 1 is 1.23 bits per heavy atom. The van der Waals surface area contributed by atoms with E-state index in [0.29, 0.717) is 17.6 Å². The van der Waals surface area contributed by atoms with Crippen molar-refractivity contribution in [1.82, 2.24) is 14.6 Å². The predicted molar refractivity (Wildman–Crippen MR) is 120 cm³/mol. The number of rotatable bonds is 3. The number of hydrogen-bond acceptors (Lipinski definition) is 3. The molecule has 2 aromatic rings. The summed E-state index contributed by atoms with van der Waals surface area (Å²) in [6, 6.07) is 17.1. The van der Waals surface area contributed by atoms with Crippen molar-refractivity contribution in [2.24, 2.45) is 5.92 Å². The maximum atomic E-state index is 13.1. The third-order valence-corrected chi connectivity index (χ3v) is 7.79. The Labute approximate surface area is 184 Å². The average molecular weight is 424 g/mol. The molecule has 2 saturated heterocycles. The molecule has 0 unspecified atom stereocenters. The second-order valence-corrected chi connectivity index (χ2v) is 9.44. The minimum atomic E-state index is -0.181. The number of nitrogens with one attached hydrogen (secondary N) is 1. The first kappa shape index (κ1) is 20.0. The Bertz CT molecular complexity index is 918. The third kappa shape index (κ3) is 3.66. The molecule has 158 valence electrons.